The van der Waals surface area contributed by atoms with E-state index in [9.17, 15) is 19.5 Å². The fraction of sp³-hybridized carbons (Fsp3) is 0.900. The number of hydrogen-bond acceptors (Lipinski definition) is 6. The lowest BCUT2D eigenvalue weighted by Gasteiger charge is -2.55. The maximum absolute atomic E-state index is 14.6. The van der Waals surface area contributed by atoms with Crippen molar-refractivity contribution in [3.63, 3.8) is 0 Å². The molecule has 0 aromatic heterocycles. The summed E-state index contributed by atoms with van der Waals surface area (Å²) in [5.74, 6) is 0.143. The first-order valence-corrected chi connectivity index (χ1v) is 14.1. The number of carbonyl (C=O) groups is 3. The molecule has 36 heavy (non-hydrogen) atoms. The summed E-state index contributed by atoms with van der Waals surface area (Å²) < 4.78 is 10.6. The molecule has 0 heterocycles. The van der Waals surface area contributed by atoms with Gasteiger partial charge < -0.3 is 14.6 Å². The first-order chi connectivity index (χ1) is 16.6. The van der Waals surface area contributed by atoms with Gasteiger partial charge in [0.25, 0.3) is 0 Å². The molecule has 0 unspecified atom stereocenters. The molecule has 0 aromatic carbocycles. The van der Waals surface area contributed by atoms with Crippen LogP contribution in [0.3, 0.4) is 0 Å². The minimum absolute atomic E-state index is 0.103. The molecule has 4 fully saturated rings. The third-order valence-electron chi connectivity index (χ3n) is 12.4. The van der Waals surface area contributed by atoms with Gasteiger partial charge in [-0.15, -0.1) is 0 Å². The van der Waals surface area contributed by atoms with Gasteiger partial charge in [0.1, 0.15) is 11.9 Å². The van der Waals surface area contributed by atoms with E-state index in [0.717, 1.165) is 32.1 Å². The summed E-state index contributed by atoms with van der Waals surface area (Å²) in [5.41, 5.74) is -2.47. The van der Waals surface area contributed by atoms with Crippen LogP contribution in [0.15, 0.2) is 0 Å². The van der Waals surface area contributed by atoms with Crippen molar-refractivity contribution in [1.82, 2.24) is 0 Å². The predicted octanol–water partition coefficient (Wildman–Crippen LogP) is 5.49. The Hall–Kier alpha value is -1.43. The van der Waals surface area contributed by atoms with E-state index in [1.165, 1.54) is 14.0 Å². The topological polar surface area (TPSA) is 89.9 Å². The van der Waals surface area contributed by atoms with Crippen LogP contribution >= 0.6 is 0 Å². The van der Waals surface area contributed by atoms with E-state index in [4.69, 9.17) is 9.47 Å². The fourth-order valence-corrected chi connectivity index (χ4v) is 9.85. The fourth-order valence-electron chi connectivity index (χ4n) is 9.85. The third kappa shape index (κ3) is 3.63. The van der Waals surface area contributed by atoms with E-state index in [0.29, 0.717) is 37.5 Å². The number of carbonyl (C=O) groups excluding carboxylic acids is 3. The van der Waals surface area contributed by atoms with Crippen molar-refractivity contribution in [1.29, 1.82) is 0 Å². The van der Waals surface area contributed by atoms with Gasteiger partial charge in [-0.2, -0.15) is 0 Å². The highest BCUT2D eigenvalue weighted by atomic mass is 16.5. The van der Waals surface area contributed by atoms with Gasteiger partial charge in [0.2, 0.25) is 0 Å². The molecule has 4 rings (SSSR count). The van der Waals surface area contributed by atoms with Crippen molar-refractivity contribution in [2.24, 2.45) is 45.3 Å². The highest BCUT2D eigenvalue weighted by Crippen LogP contribution is 2.72. The van der Waals surface area contributed by atoms with Gasteiger partial charge >= 0.3 is 11.9 Å². The Bertz CT molecular complexity index is 926. The number of esters is 2. The number of ketones is 1. The summed E-state index contributed by atoms with van der Waals surface area (Å²) >= 11 is 0. The molecule has 0 saturated heterocycles. The number of ether oxygens (including phenoxy) is 2. The summed E-state index contributed by atoms with van der Waals surface area (Å²) in [7, 11) is 1.43. The molecule has 0 aromatic rings. The molecule has 6 nitrogen and oxygen atoms in total. The number of aliphatic hydroxyl groups is 1. The van der Waals surface area contributed by atoms with Crippen LogP contribution < -0.4 is 0 Å². The minimum atomic E-state index is -1.05. The first kappa shape index (κ1) is 27.6. The molecule has 4 aliphatic rings. The van der Waals surface area contributed by atoms with Gasteiger partial charge in [-0.1, -0.05) is 41.5 Å². The lowest BCUT2D eigenvalue weighted by molar-refractivity contribution is -0.183. The van der Waals surface area contributed by atoms with Gasteiger partial charge in [0.15, 0.2) is 0 Å². The van der Waals surface area contributed by atoms with Crippen molar-refractivity contribution in [3.8, 4) is 0 Å². The Balaban J connectivity index is 1.66. The Morgan fingerprint density at radius 2 is 1.69 bits per heavy atom. The van der Waals surface area contributed by atoms with E-state index in [1.54, 1.807) is 0 Å². The monoisotopic (exact) mass is 504 g/mol. The second kappa shape index (κ2) is 8.81. The molecule has 1 N–H and O–H groups in total. The molecule has 9 atom stereocenters. The minimum Gasteiger partial charge on any atom is -0.469 e. The van der Waals surface area contributed by atoms with Crippen molar-refractivity contribution in [2.75, 3.05) is 7.11 Å². The molecule has 204 valence electrons. The van der Waals surface area contributed by atoms with Crippen LogP contribution in [0, 0.1) is 45.3 Å². The van der Waals surface area contributed by atoms with Crippen LogP contribution in [0.1, 0.15) is 106 Å². The van der Waals surface area contributed by atoms with Gasteiger partial charge in [-0.25, -0.2) is 0 Å². The molecular formula is C30H48O6. The zero-order valence-corrected chi connectivity index (χ0v) is 23.7. The number of hydrogen-bond donors (Lipinski definition) is 1. The summed E-state index contributed by atoms with van der Waals surface area (Å²) in [6, 6.07) is 0. The SMILES string of the molecule is COC(=O)CC[C@@H](C)[C@H]1CC[C@@]2(C)C(=O)[C@@H]3C[C@H]4C(C)(C)[C@@H](OC(C)=O)CC[C@]4(C)[C@@]3(O)CC[C@]12C. The molecular weight excluding hydrogens is 456 g/mol. The van der Waals surface area contributed by atoms with Gasteiger partial charge in [0, 0.05) is 35.5 Å². The largest absolute Gasteiger partial charge is 0.469 e. The number of Topliss-reactive ketones (excluding diaryl/α,β-unsaturated/α-hetero) is 1. The molecule has 0 amide bonds. The lowest BCUT2D eigenvalue weighted by atomic mass is 9.52. The van der Waals surface area contributed by atoms with Crippen LogP contribution in [0.2, 0.25) is 0 Å². The van der Waals surface area contributed by atoms with Crippen LogP contribution in [0.25, 0.3) is 0 Å². The second-order valence-electron chi connectivity index (χ2n) is 14.0. The van der Waals surface area contributed by atoms with E-state index in [1.807, 2.05) is 0 Å². The normalized spacial score (nSPS) is 46.2. The van der Waals surface area contributed by atoms with Crippen LogP contribution in [0.4, 0.5) is 0 Å². The molecule has 4 saturated carbocycles. The number of methoxy groups -OCH3 is 1. The van der Waals surface area contributed by atoms with Gasteiger partial charge in [-0.05, 0) is 74.5 Å². The maximum Gasteiger partial charge on any atom is 0.305 e. The highest BCUT2D eigenvalue weighted by molar-refractivity contribution is 5.90. The van der Waals surface area contributed by atoms with Crippen molar-refractivity contribution >= 4 is 17.7 Å². The Labute approximate surface area is 217 Å². The maximum atomic E-state index is 14.6. The molecule has 0 spiro atoms. The highest BCUT2D eigenvalue weighted by Gasteiger charge is 2.73. The summed E-state index contributed by atoms with van der Waals surface area (Å²) in [6.45, 7) is 14.6. The number of rotatable bonds is 5. The Morgan fingerprint density at radius 1 is 1.03 bits per heavy atom. The first-order valence-electron chi connectivity index (χ1n) is 14.1. The average molecular weight is 505 g/mol. The second-order valence-corrected chi connectivity index (χ2v) is 14.0. The van der Waals surface area contributed by atoms with Crippen LogP contribution in [-0.4, -0.2) is 41.6 Å². The molecule has 4 aliphatic carbocycles. The van der Waals surface area contributed by atoms with E-state index in [2.05, 4.69) is 41.5 Å². The van der Waals surface area contributed by atoms with E-state index >= 15 is 0 Å². The van der Waals surface area contributed by atoms with E-state index in [-0.39, 0.29) is 46.5 Å². The predicted molar refractivity (Wildman–Crippen MR) is 137 cm³/mol. The summed E-state index contributed by atoms with van der Waals surface area (Å²) in [4.78, 5) is 38.2. The average Bonchev–Trinajstić information content (AvgIpc) is 3.19. The smallest absolute Gasteiger partial charge is 0.305 e. The zero-order chi connectivity index (χ0) is 26.9. The molecule has 0 radical (unpaired) electrons. The lowest BCUT2D eigenvalue weighted by Crippen LogP contribution is -2.57. The standard InChI is InChI=1S/C30H48O6/c1-18(9-10-24(32)35-8)20-11-13-29(7)25(33)21-17-22-26(3,4)23(36-19(2)31)12-14-28(22,6)30(21,34)16-15-27(20,29)5/h18,20-23,34H,9-17H2,1-8H3/t18-,20-,21+,22+,23+,27-,28+,29+,30-/m1/s1. The molecule has 0 bridgehead atoms. The molecule has 0 aliphatic heterocycles. The van der Waals surface area contributed by atoms with E-state index < -0.39 is 16.4 Å². The van der Waals surface area contributed by atoms with Crippen LogP contribution in [0.5, 0.6) is 0 Å². The van der Waals surface area contributed by atoms with Gasteiger partial charge in [-0.3, -0.25) is 14.4 Å². The van der Waals surface area contributed by atoms with Crippen molar-refractivity contribution < 1.29 is 29.0 Å². The zero-order valence-electron chi connectivity index (χ0n) is 23.7. The summed E-state index contributed by atoms with van der Waals surface area (Å²) in [5, 5.41) is 12.5. The quantitative estimate of drug-likeness (QED) is 0.498. The Kier molecular flexibility index (Phi) is 6.76. The number of fused-ring (bicyclic) bond motifs is 4. The third-order valence-corrected chi connectivity index (χ3v) is 12.4. The van der Waals surface area contributed by atoms with Gasteiger partial charge in [0.05, 0.1) is 12.7 Å². The Morgan fingerprint density at radius 3 is 2.31 bits per heavy atom. The molecule has 6 heteroatoms. The van der Waals surface area contributed by atoms with Crippen molar-refractivity contribution in [2.45, 2.75) is 118 Å². The van der Waals surface area contributed by atoms with Crippen molar-refractivity contribution in [3.05, 3.63) is 0 Å². The van der Waals surface area contributed by atoms with Crippen LogP contribution in [-0.2, 0) is 23.9 Å². The summed E-state index contributed by atoms with van der Waals surface area (Å²) in [6.07, 6.45) is 6.34.